The number of nitrogens with zero attached hydrogens (tertiary/aromatic N) is 1. The summed E-state index contributed by atoms with van der Waals surface area (Å²) in [6.45, 7) is 1.50. The Labute approximate surface area is 162 Å². The van der Waals surface area contributed by atoms with Crippen LogP contribution in [0.1, 0.15) is 18.5 Å². The molecule has 0 saturated carbocycles. The summed E-state index contributed by atoms with van der Waals surface area (Å²) in [7, 11) is 3.00. The number of rotatable bonds is 6. The number of carbonyl (C=O) groups excluding carboxylic acids is 3. The van der Waals surface area contributed by atoms with E-state index in [1.165, 1.54) is 21.1 Å². The molecule has 1 aliphatic heterocycles. The van der Waals surface area contributed by atoms with Crippen molar-refractivity contribution in [2.75, 3.05) is 19.5 Å². The van der Waals surface area contributed by atoms with Gasteiger partial charge < -0.3 is 20.1 Å². The third kappa shape index (κ3) is 3.62. The second-order valence-corrected chi connectivity index (χ2v) is 6.24. The van der Waals surface area contributed by atoms with E-state index in [2.05, 4.69) is 10.6 Å². The van der Waals surface area contributed by atoms with Crippen molar-refractivity contribution in [3.05, 3.63) is 54.1 Å². The van der Waals surface area contributed by atoms with Gasteiger partial charge in [-0.15, -0.1) is 0 Å². The molecule has 1 heterocycles. The zero-order valence-electron chi connectivity index (χ0n) is 15.8. The Morgan fingerprint density at radius 1 is 1.07 bits per heavy atom. The zero-order chi connectivity index (χ0) is 20.3. The average Bonchev–Trinajstić information content (AvgIpc) is 3.01. The van der Waals surface area contributed by atoms with Crippen LogP contribution in [-0.4, -0.2) is 43.0 Å². The number of hydrogen-bond acceptors (Lipinski definition) is 5. The Morgan fingerprint density at radius 3 is 2.39 bits per heavy atom. The van der Waals surface area contributed by atoms with Crippen molar-refractivity contribution in [1.82, 2.24) is 10.2 Å². The number of carbonyl (C=O) groups is 3. The van der Waals surface area contributed by atoms with Gasteiger partial charge in [-0.2, -0.15) is 0 Å². The number of anilines is 1. The smallest absolute Gasteiger partial charge is 0.325 e. The highest BCUT2D eigenvalue weighted by atomic mass is 16.5. The van der Waals surface area contributed by atoms with Gasteiger partial charge in [-0.05, 0) is 24.6 Å². The SMILES string of the molecule is COc1ccc(NC(=O)C(C)N2C(=O)NC(c3ccccc3)C2=O)cc1OC. The first-order chi connectivity index (χ1) is 13.5. The molecule has 4 amide bonds. The van der Waals surface area contributed by atoms with Crippen LogP contribution in [0.25, 0.3) is 0 Å². The van der Waals surface area contributed by atoms with Gasteiger partial charge in [0.25, 0.3) is 5.91 Å². The van der Waals surface area contributed by atoms with Crippen molar-refractivity contribution in [2.24, 2.45) is 0 Å². The van der Waals surface area contributed by atoms with Gasteiger partial charge in [0.15, 0.2) is 11.5 Å². The van der Waals surface area contributed by atoms with Gasteiger partial charge in [-0.25, -0.2) is 9.69 Å². The Bertz CT molecular complexity index is 900. The summed E-state index contributed by atoms with van der Waals surface area (Å²) in [6.07, 6.45) is 0. The van der Waals surface area contributed by atoms with E-state index >= 15 is 0 Å². The van der Waals surface area contributed by atoms with E-state index < -0.39 is 29.9 Å². The maximum atomic E-state index is 12.7. The average molecular weight is 383 g/mol. The van der Waals surface area contributed by atoms with E-state index in [1.807, 2.05) is 6.07 Å². The van der Waals surface area contributed by atoms with Gasteiger partial charge in [-0.3, -0.25) is 9.59 Å². The highest BCUT2D eigenvalue weighted by Gasteiger charge is 2.43. The molecule has 2 aromatic rings. The highest BCUT2D eigenvalue weighted by Crippen LogP contribution is 2.30. The number of nitrogens with one attached hydrogen (secondary N) is 2. The third-order valence-electron chi connectivity index (χ3n) is 4.52. The quantitative estimate of drug-likeness (QED) is 0.746. The molecule has 2 aromatic carbocycles. The minimum atomic E-state index is -0.991. The van der Waals surface area contributed by atoms with Crippen molar-refractivity contribution in [1.29, 1.82) is 0 Å². The maximum absolute atomic E-state index is 12.7. The number of imide groups is 1. The van der Waals surface area contributed by atoms with Crippen LogP contribution in [0.2, 0.25) is 0 Å². The van der Waals surface area contributed by atoms with Crippen LogP contribution in [0.4, 0.5) is 10.5 Å². The minimum Gasteiger partial charge on any atom is -0.493 e. The molecular formula is C20H21N3O5. The van der Waals surface area contributed by atoms with Crippen LogP contribution >= 0.6 is 0 Å². The number of benzene rings is 2. The van der Waals surface area contributed by atoms with Crippen molar-refractivity contribution in [2.45, 2.75) is 19.0 Å². The molecule has 0 aromatic heterocycles. The topological polar surface area (TPSA) is 97.0 Å². The fourth-order valence-electron chi connectivity index (χ4n) is 3.01. The van der Waals surface area contributed by atoms with E-state index in [-0.39, 0.29) is 0 Å². The molecule has 0 radical (unpaired) electrons. The van der Waals surface area contributed by atoms with Gasteiger partial charge in [0.05, 0.1) is 14.2 Å². The monoisotopic (exact) mass is 383 g/mol. The van der Waals surface area contributed by atoms with E-state index in [4.69, 9.17) is 9.47 Å². The molecule has 0 spiro atoms. The lowest BCUT2D eigenvalue weighted by atomic mass is 10.1. The van der Waals surface area contributed by atoms with Crippen LogP contribution in [0, 0.1) is 0 Å². The maximum Gasteiger partial charge on any atom is 0.325 e. The van der Waals surface area contributed by atoms with Crippen molar-refractivity contribution in [3.63, 3.8) is 0 Å². The minimum absolute atomic E-state index is 0.451. The molecule has 8 nitrogen and oxygen atoms in total. The summed E-state index contributed by atoms with van der Waals surface area (Å²) in [5.41, 5.74) is 1.12. The third-order valence-corrected chi connectivity index (χ3v) is 4.52. The Balaban J connectivity index is 1.74. The number of methoxy groups -OCH3 is 2. The lowest BCUT2D eigenvalue weighted by Gasteiger charge is -2.21. The molecule has 0 aliphatic carbocycles. The number of urea groups is 1. The fourth-order valence-corrected chi connectivity index (χ4v) is 3.01. The first-order valence-electron chi connectivity index (χ1n) is 8.67. The zero-order valence-corrected chi connectivity index (χ0v) is 15.8. The van der Waals surface area contributed by atoms with Gasteiger partial charge in [0.2, 0.25) is 5.91 Å². The molecule has 28 heavy (non-hydrogen) atoms. The van der Waals surface area contributed by atoms with Gasteiger partial charge in [0, 0.05) is 11.8 Å². The summed E-state index contributed by atoms with van der Waals surface area (Å²) >= 11 is 0. The highest BCUT2D eigenvalue weighted by molar-refractivity contribution is 6.09. The van der Waals surface area contributed by atoms with E-state index in [0.717, 1.165) is 4.90 Å². The van der Waals surface area contributed by atoms with E-state index in [1.54, 1.807) is 42.5 Å². The van der Waals surface area contributed by atoms with Crippen LogP contribution in [0.5, 0.6) is 11.5 Å². The molecule has 2 unspecified atom stereocenters. The molecule has 1 fully saturated rings. The second kappa shape index (κ2) is 7.99. The molecule has 3 rings (SSSR count). The van der Waals surface area contributed by atoms with Gasteiger partial charge in [0.1, 0.15) is 12.1 Å². The molecule has 2 N–H and O–H groups in total. The standard InChI is InChI=1S/C20H21N3O5/c1-12(18(24)21-14-9-10-15(27-2)16(11-14)28-3)23-19(25)17(22-20(23)26)13-7-5-4-6-8-13/h4-12,17H,1-3H3,(H,21,24)(H,22,26). The van der Waals surface area contributed by atoms with Crippen molar-refractivity contribution in [3.8, 4) is 11.5 Å². The summed E-state index contributed by atoms with van der Waals surface area (Å²) in [5, 5.41) is 5.32. The van der Waals surface area contributed by atoms with E-state index in [9.17, 15) is 14.4 Å². The second-order valence-electron chi connectivity index (χ2n) is 6.24. The van der Waals surface area contributed by atoms with Gasteiger partial charge in [-0.1, -0.05) is 30.3 Å². The summed E-state index contributed by atoms with van der Waals surface area (Å²) in [6, 6.07) is 11.4. The van der Waals surface area contributed by atoms with Crippen LogP contribution < -0.4 is 20.1 Å². The first-order valence-corrected chi connectivity index (χ1v) is 8.67. The lowest BCUT2D eigenvalue weighted by molar-refractivity contribution is -0.133. The fraction of sp³-hybridized carbons (Fsp3) is 0.250. The van der Waals surface area contributed by atoms with E-state index in [0.29, 0.717) is 22.7 Å². The van der Waals surface area contributed by atoms with Crippen LogP contribution in [-0.2, 0) is 9.59 Å². The summed E-state index contributed by atoms with van der Waals surface area (Å²) in [5.74, 6) is 0.0102. The number of hydrogen-bond donors (Lipinski definition) is 2. The molecule has 8 heteroatoms. The predicted octanol–water partition coefficient (Wildman–Crippen LogP) is 2.32. The molecular weight excluding hydrogens is 362 g/mol. The molecule has 1 saturated heterocycles. The largest absolute Gasteiger partial charge is 0.493 e. The Kier molecular flexibility index (Phi) is 5.49. The molecule has 0 bridgehead atoms. The van der Waals surface area contributed by atoms with Crippen molar-refractivity contribution >= 4 is 23.5 Å². The normalized spacial score (nSPS) is 17.1. The number of amides is 4. The summed E-state index contributed by atoms with van der Waals surface area (Å²) < 4.78 is 10.4. The molecule has 146 valence electrons. The van der Waals surface area contributed by atoms with Crippen LogP contribution in [0.15, 0.2) is 48.5 Å². The van der Waals surface area contributed by atoms with Crippen molar-refractivity contribution < 1.29 is 23.9 Å². The van der Waals surface area contributed by atoms with Gasteiger partial charge >= 0.3 is 6.03 Å². The predicted molar refractivity (Wildman–Crippen MR) is 102 cm³/mol. The summed E-state index contributed by atoms with van der Waals surface area (Å²) in [4.78, 5) is 38.6. The first kappa shape index (κ1) is 19.2. The lowest BCUT2D eigenvalue weighted by Crippen LogP contribution is -2.45. The molecule has 1 aliphatic rings. The Hall–Kier alpha value is -3.55. The number of ether oxygens (including phenoxy) is 2. The molecule has 2 atom stereocenters. The van der Waals surface area contributed by atoms with Crippen LogP contribution in [0.3, 0.4) is 0 Å². The Morgan fingerprint density at radius 2 is 1.75 bits per heavy atom.